The SMILES string of the molecule is c1cncc(C[C@@H]2CCCNC2)c1. The van der Waals surface area contributed by atoms with Crippen LogP contribution < -0.4 is 5.32 Å². The number of piperidine rings is 1. The van der Waals surface area contributed by atoms with Gasteiger partial charge in [0.15, 0.2) is 0 Å². The summed E-state index contributed by atoms with van der Waals surface area (Å²) in [5.74, 6) is 0.818. The second-order valence-corrected chi connectivity index (χ2v) is 3.78. The largest absolute Gasteiger partial charge is 0.316 e. The molecule has 1 aromatic heterocycles. The van der Waals surface area contributed by atoms with Crippen LogP contribution in [0.15, 0.2) is 24.5 Å². The van der Waals surface area contributed by atoms with E-state index < -0.39 is 0 Å². The maximum Gasteiger partial charge on any atom is 0.0299 e. The third-order valence-corrected chi connectivity index (χ3v) is 2.65. The molecule has 1 aromatic rings. The Balaban J connectivity index is 1.90. The quantitative estimate of drug-likeness (QED) is 0.740. The first-order valence-corrected chi connectivity index (χ1v) is 5.05. The minimum Gasteiger partial charge on any atom is -0.316 e. The van der Waals surface area contributed by atoms with Gasteiger partial charge in [-0.25, -0.2) is 0 Å². The van der Waals surface area contributed by atoms with Crippen LogP contribution in [0.1, 0.15) is 18.4 Å². The van der Waals surface area contributed by atoms with Crippen LogP contribution in [0, 0.1) is 5.92 Å². The molecule has 2 nitrogen and oxygen atoms in total. The first-order chi connectivity index (χ1) is 6.45. The van der Waals surface area contributed by atoms with E-state index in [1.54, 1.807) is 0 Å². The molecule has 1 aliphatic heterocycles. The molecular formula is C11H16N2. The monoisotopic (exact) mass is 176 g/mol. The number of aromatic nitrogens is 1. The zero-order valence-electron chi connectivity index (χ0n) is 7.87. The molecule has 1 saturated heterocycles. The first kappa shape index (κ1) is 8.70. The molecule has 1 aliphatic rings. The minimum absolute atomic E-state index is 0.818. The summed E-state index contributed by atoms with van der Waals surface area (Å²) in [7, 11) is 0. The highest BCUT2D eigenvalue weighted by Gasteiger charge is 2.12. The van der Waals surface area contributed by atoms with Crippen molar-refractivity contribution in [1.82, 2.24) is 10.3 Å². The van der Waals surface area contributed by atoms with Crippen molar-refractivity contribution in [3.63, 3.8) is 0 Å². The van der Waals surface area contributed by atoms with Crippen LogP contribution in [-0.4, -0.2) is 18.1 Å². The second-order valence-electron chi connectivity index (χ2n) is 3.78. The highest BCUT2D eigenvalue weighted by Crippen LogP contribution is 2.15. The summed E-state index contributed by atoms with van der Waals surface area (Å²) in [4.78, 5) is 4.13. The van der Waals surface area contributed by atoms with Crippen LogP contribution in [0.4, 0.5) is 0 Å². The second kappa shape index (κ2) is 4.38. The molecule has 1 N–H and O–H groups in total. The summed E-state index contributed by atoms with van der Waals surface area (Å²) in [6, 6.07) is 4.19. The Morgan fingerprint density at radius 1 is 1.54 bits per heavy atom. The Bertz CT molecular complexity index is 240. The molecule has 70 valence electrons. The van der Waals surface area contributed by atoms with Gasteiger partial charge < -0.3 is 5.32 Å². The lowest BCUT2D eigenvalue weighted by Crippen LogP contribution is -2.30. The smallest absolute Gasteiger partial charge is 0.0299 e. The fourth-order valence-corrected chi connectivity index (χ4v) is 1.95. The number of hydrogen-bond donors (Lipinski definition) is 1. The molecule has 0 aromatic carbocycles. The summed E-state index contributed by atoms with van der Waals surface area (Å²) in [6.07, 6.45) is 7.69. The summed E-state index contributed by atoms with van der Waals surface area (Å²) in [5, 5.41) is 3.43. The molecule has 1 fully saturated rings. The molecule has 13 heavy (non-hydrogen) atoms. The predicted octanol–water partition coefficient (Wildman–Crippen LogP) is 1.62. The van der Waals surface area contributed by atoms with E-state index in [1.807, 2.05) is 18.5 Å². The maximum atomic E-state index is 4.13. The fraction of sp³-hybridized carbons (Fsp3) is 0.545. The van der Waals surface area contributed by atoms with Gasteiger partial charge in [-0.3, -0.25) is 4.98 Å². The number of nitrogens with one attached hydrogen (secondary N) is 1. The van der Waals surface area contributed by atoms with Crippen molar-refractivity contribution in [1.29, 1.82) is 0 Å². The zero-order valence-corrected chi connectivity index (χ0v) is 7.87. The molecule has 0 bridgehead atoms. The van der Waals surface area contributed by atoms with Gasteiger partial charge in [-0.15, -0.1) is 0 Å². The van der Waals surface area contributed by atoms with E-state index in [9.17, 15) is 0 Å². The lowest BCUT2D eigenvalue weighted by atomic mass is 9.93. The van der Waals surface area contributed by atoms with Crippen molar-refractivity contribution in [2.45, 2.75) is 19.3 Å². The third kappa shape index (κ3) is 2.52. The van der Waals surface area contributed by atoms with Crippen LogP contribution in [0.25, 0.3) is 0 Å². The van der Waals surface area contributed by atoms with Crippen molar-refractivity contribution < 1.29 is 0 Å². The summed E-state index contributed by atoms with van der Waals surface area (Å²) in [6.45, 7) is 2.37. The van der Waals surface area contributed by atoms with Gasteiger partial charge in [0, 0.05) is 12.4 Å². The Morgan fingerprint density at radius 3 is 3.23 bits per heavy atom. The van der Waals surface area contributed by atoms with Gasteiger partial charge in [-0.05, 0) is 49.9 Å². The molecule has 0 amide bonds. The average Bonchev–Trinajstić information content (AvgIpc) is 2.21. The van der Waals surface area contributed by atoms with Crippen LogP contribution >= 0.6 is 0 Å². The van der Waals surface area contributed by atoms with E-state index in [4.69, 9.17) is 0 Å². The van der Waals surface area contributed by atoms with Gasteiger partial charge in [0.25, 0.3) is 0 Å². The van der Waals surface area contributed by atoms with Crippen molar-refractivity contribution >= 4 is 0 Å². The van der Waals surface area contributed by atoms with Gasteiger partial charge >= 0.3 is 0 Å². The Kier molecular flexibility index (Phi) is 2.93. The van der Waals surface area contributed by atoms with Gasteiger partial charge in [0.05, 0.1) is 0 Å². The Hall–Kier alpha value is -0.890. The molecule has 2 rings (SSSR count). The van der Waals surface area contributed by atoms with Crippen LogP contribution in [0.5, 0.6) is 0 Å². The van der Waals surface area contributed by atoms with Crippen LogP contribution in [0.2, 0.25) is 0 Å². The highest BCUT2D eigenvalue weighted by atomic mass is 14.9. The molecule has 0 radical (unpaired) electrons. The molecule has 0 saturated carbocycles. The van der Waals surface area contributed by atoms with Crippen LogP contribution in [0.3, 0.4) is 0 Å². The summed E-state index contributed by atoms with van der Waals surface area (Å²) >= 11 is 0. The van der Waals surface area contributed by atoms with Crippen molar-refractivity contribution in [2.75, 3.05) is 13.1 Å². The summed E-state index contributed by atoms with van der Waals surface area (Å²) in [5.41, 5.74) is 1.37. The third-order valence-electron chi connectivity index (χ3n) is 2.65. The van der Waals surface area contributed by atoms with E-state index in [1.165, 1.54) is 37.9 Å². The van der Waals surface area contributed by atoms with Gasteiger partial charge in [-0.2, -0.15) is 0 Å². The Morgan fingerprint density at radius 2 is 2.54 bits per heavy atom. The van der Waals surface area contributed by atoms with E-state index in [2.05, 4.69) is 16.4 Å². The lowest BCUT2D eigenvalue weighted by molar-refractivity contribution is 0.376. The van der Waals surface area contributed by atoms with Gasteiger partial charge in [-0.1, -0.05) is 6.07 Å². The van der Waals surface area contributed by atoms with E-state index in [-0.39, 0.29) is 0 Å². The van der Waals surface area contributed by atoms with Gasteiger partial charge in [0.2, 0.25) is 0 Å². The number of nitrogens with zero attached hydrogens (tertiary/aromatic N) is 1. The normalized spacial score (nSPS) is 22.9. The Labute approximate surface area is 79.4 Å². The molecule has 1 atom stereocenters. The van der Waals surface area contributed by atoms with Crippen molar-refractivity contribution in [3.8, 4) is 0 Å². The highest BCUT2D eigenvalue weighted by molar-refractivity contribution is 5.09. The van der Waals surface area contributed by atoms with Crippen molar-refractivity contribution in [2.24, 2.45) is 5.92 Å². The fourth-order valence-electron chi connectivity index (χ4n) is 1.95. The lowest BCUT2D eigenvalue weighted by Gasteiger charge is -2.22. The maximum absolute atomic E-state index is 4.13. The van der Waals surface area contributed by atoms with E-state index >= 15 is 0 Å². The predicted molar refractivity (Wildman–Crippen MR) is 53.5 cm³/mol. The molecule has 2 heteroatoms. The average molecular weight is 176 g/mol. The topological polar surface area (TPSA) is 24.9 Å². The minimum atomic E-state index is 0.818. The zero-order chi connectivity index (χ0) is 8.93. The van der Waals surface area contributed by atoms with Crippen molar-refractivity contribution in [3.05, 3.63) is 30.1 Å². The molecule has 2 heterocycles. The summed E-state index contributed by atoms with van der Waals surface area (Å²) < 4.78 is 0. The number of hydrogen-bond acceptors (Lipinski definition) is 2. The van der Waals surface area contributed by atoms with Gasteiger partial charge in [0.1, 0.15) is 0 Å². The number of pyridine rings is 1. The molecule has 0 aliphatic carbocycles. The number of rotatable bonds is 2. The van der Waals surface area contributed by atoms with E-state index in [0.29, 0.717) is 0 Å². The molecule has 0 unspecified atom stereocenters. The molecular weight excluding hydrogens is 160 g/mol. The molecule has 0 spiro atoms. The standard InChI is InChI=1S/C11H16N2/c1-3-10(8-12-5-1)7-11-4-2-6-13-9-11/h1,3,5,8,11,13H,2,4,6-7,9H2/t11-/m0/s1. The first-order valence-electron chi connectivity index (χ1n) is 5.05. The van der Waals surface area contributed by atoms with Crippen LogP contribution in [-0.2, 0) is 6.42 Å². The van der Waals surface area contributed by atoms with E-state index in [0.717, 1.165) is 5.92 Å².